The summed E-state index contributed by atoms with van der Waals surface area (Å²) in [6.45, 7) is 8.82. The van der Waals surface area contributed by atoms with E-state index in [-0.39, 0.29) is 0 Å². The maximum atomic E-state index is 6.08. The van der Waals surface area contributed by atoms with Crippen LogP contribution >= 0.6 is 0 Å². The van der Waals surface area contributed by atoms with Gasteiger partial charge in [0.1, 0.15) is 5.75 Å². The minimum atomic E-state index is 0.427. The van der Waals surface area contributed by atoms with E-state index >= 15 is 0 Å². The van der Waals surface area contributed by atoms with Gasteiger partial charge < -0.3 is 10.1 Å². The molecule has 0 aliphatic heterocycles. The maximum absolute atomic E-state index is 6.08. The van der Waals surface area contributed by atoms with Crippen LogP contribution in [0.25, 0.3) is 0 Å². The fourth-order valence-corrected chi connectivity index (χ4v) is 2.73. The second-order valence-corrected chi connectivity index (χ2v) is 6.67. The van der Waals surface area contributed by atoms with Crippen LogP contribution in [0.3, 0.4) is 0 Å². The van der Waals surface area contributed by atoms with Gasteiger partial charge in [-0.3, -0.25) is 0 Å². The Morgan fingerprint density at radius 1 is 1.10 bits per heavy atom. The zero-order chi connectivity index (χ0) is 14.4. The molecule has 0 bridgehead atoms. The van der Waals surface area contributed by atoms with Gasteiger partial charge in [-0.15, -0.1) is 0 Å². The van der Waals surface area contributed by atoms with Gasteiger partial charge in [0.2, 0.25) is 0 Å². The standard InChI is InChI=1S/C18H29NO/c1-14(2)12-19-13-16-6-10-18(11-7-16)20-17-8-4-15(3)5-9-17/h6-7,10-11,14-15,17,19H,4-5,8-9,12-13H2,1-3H3. The Morgan fingerprint density at radius 2 is 1.75 bits per heavy atom. The topological polar surface area (TPSA) is 21.3 Å². The number of ether oxygens (including phenoxy) is 1. The summed E-state index contributed by atoms with van der Waals surface area (Å²) >= 11 is 0. The van der Waals surface area contributed by atoms with Crippen LogP contribution in [0, 0.1) is 11.8 Å². The summed E-state index contributed by atoms with van der Waals surface area (Å²) in [5, 5.41) is 3.47. The molecule has 2 heteroatoms. The van der Waals surface area contributed by atoms with Crippen molar-refractivity contribution in [3.63, 3.8) is 0 Å². The molecule has 1 aromatic carbocycles. The molecule has 0 heterocycles. The van der Waals surface area contributed by atoms with Crippen molar-refractivity contribution in [2.24, 2.45) is 11.8 Å². The average molecular weight is 275 g/mol. The quantitative estimate of drug-likeness (QED) is 0.831. The smallest absolute Gasteiger partial charge is 0.119 e. The van der Waals surface area contributed by atoms with E-state index in [0.29, 0.717) is 12.0 Å². The van der Waals surface area contributed by atoms with Crippen LogP contribution in [0.15, 0.2) is 24.3 Å². The van der Waals surface area contributed by atoms with Crippen molar-refractivity contribution in [2.75, 3.05) is 6.54 Å². The molecule has 112 valence electrons. The molecule has 1 saturated carbocycles. The van der Waals surface area contributed by atoms with Crippen LogP contribution in [0.4, 0.5) is 0 Å². The molecule has 2 rings (SSSR count). The third-order valence-corrected chi connectivity index (χ3v) is 4.07. The van der Waals surface area contributed by atoms with Crippen LogP contribution < -0.4 is 10.1 Å². The summed E-state index contributed by atoms with van der Waals surface area (Å²) in [5.74, 6) is 2.60. The lowest BCUT2D eigenvalue weighted by atomic mass is 9.89. The van der Waals surface area contributed by atoms with Crippen molar-refractivity contribution in [1.29, 1.82) is 0 Å². The summed E-state index contributed by atoms with van der Waals surface area (Å²) in [7, 11) is 0. The first kappa shape index (κ1) is 15.4. The molecule has 0 radical (unpaired) electrons. The highest BCUT2D eigenvalue weighted by atomic mass is 16.5. The van der Waals surface area contributed by atoms with Gasteiger partial charge in [-0.05, 0) is 61.8 Å². The lowest BCUT2D eigenvalue weighted by Crippen LogP contribution is -2.23. The predicted molar refractivity (Wildman–Crippen MR) is 85.0 cm³/mol. The van der Waals surface area contributed by atoms with Gasteiger partial charge in [0.05, 0.1) is 6.10 Å². The molecule has 1 N–H and O–H groups in total. The summed E-state index contributed by atoms with van der Waals surface area (Å²) in [6.07, 6.45) is 5.46. The van der Waals surface area contributed by atoms with E-state index in [4.69, 9.17) is 4.74 Å². The van der Waals surface area contributed by atoms with Gasteiger partial charge in [0.25, 0.3) is 0 Å². The number of hydrogen-bond donors (Lipinski definition) is 1. The Hall–Kier alpha value is -1.02. The molecular weight excluding hydrogens is 246 g/mol. The highest BCUT2D eigenvalue weighted by Gasteiger charge is 2.19. The highest BCUT2D eigenvalue weighted by Crippen LogP contribution is 2.27. The Kier molecular flexibility index (Phi) is 5.90. The summed E-state index contributed by atoms with van der Waals surface area (Å²) in [5.41, 5.74) is 1.33. The van der Waals surface area contributed by atoms with Gasteiger partial charge in [0, 0.05) is 6.54 Å². The molecule has 0 atom stereocenters. The van der Waals surface area contributed by atoms with E-state index < -0.39 is 0 Å². The minimum absolute atomic E-state index is 0.427. The lowest BCUT2D eigenvalue weighted by molar-refractivity contribution is 0.135. The third kappa shape index (κ3) is 5.16. The zero-order valence-electron chi connectivity index (χ0n) is 13.2. The summed E-state index contributed by atoms with van der Waals surface area (Å²) < 4.78 is 6.08. The molecule has 0 saturated heterocycles. The monoisotopic (exact) mass is 275 g/mol. The summed E-state index contributed by atoms with van der Waals surface area (Å²) in [4.78, 5) is 0. The van der Waals surface area contributed by atoms with Crippen molar-refractivity contribution < 1.29 is 4.74 Å². The van der Waals surface area contributed by atoms with E-state index in [9.17, 15) is 0 Å². The van der Waals surface area contributed by atoms with Gasteiger partial charge in [-0.2, -0.15) is 0 Å². The van der Waals surface area contributed by atoms with Crippen LogP contribution in [-0.2, 0) is 6.54 Å². The van der Waals surface area contributed by atoms with Gasteiger partial charge in [0.15, 0.2) is 0 Å². The number of benzene rings is 1. The third-order valence-electron chi connectivity index (χ3n) is 4.07. The normalized spacial score (nSPS) is 23.0. The molecular formula is C18H29NO. The predicted octanol–water partition coefficient (Wildman–Crippen LogP) is 4.39. The van der Waals surface area contributed by atoms with Crippen LogP contribution in [0.5, 0.6) is 5.75 Å². The Morgan fingerprint density at radius 3 is 2.35 bits per heavy atom. The Labute approximate surface area is 123 Å². The molecule has 0 amide bonds. The molecule has 1 aliphatic rings. The van der Waals surface area contributed by atoms with Crippen molar-refractivity contribution in [2.45, 2.75) is 59.1 Å². The maximum Gasteiger partial charge on any atom is 0.119 e. The van der Waals surface area contributed by atoms with Crippen molar-refractivity contribution in [3.05, 3.63) is 29.8 Å². The van der Waals surface area contributed by atoms with Crippen molar-refractivity contribution >= 4 is 0 Å². The van der Waals surface area contributed by atoms with E-state index in [1.807, 2.05) is 0 Å². The number of nitrogens with one attached hydrogen (secondary N) is 1. The first-order valence-corrected chi connectivity index (χ1v) is 8.10. The SMILES string of the molecule is CC(C)CNCc1ccc(OC2CCC(C)CC2)cc1. The zero-order valence-corrected chi connectivity index (χ0v) is 13.2. The summed E-state index contributed by atoms with van der Waals surface area (Å²) in [6, 6.07) is 8.58. The highest BCUT2D eigenvalue weighted by molar-refractivity contribution is 5.27. The fraction of sp³-hybridized carbons (Fsp3) is 0.667. The second kappa shape index (κ2) is 7.68. The molecule has 1 aromatic rings. The first-order valence-electron chi connectivity index (χ1n) is 8.10. The average Bonchev–Trinajstić information content (AvgIpc) is 2.43. The van der Waals surface area contributed by atoms with Crippen LogP contribution in [-0.4, -0.2) is 12.6 Å². The van der Waals surface area contributed by atoms with Gasteiger partial charge in [-0.25, -0.2) is 0 Å². The molecule has 2 nitrogen and oxygen atoms in total. The van der Waals surface area contributed by atoms with E-state index in [2.05, 4.69) is 50.4 Å². The minimum Gasteiger partial charge on any atom is -0.490 e. The number of hydrogen-bond acceptors (Lipinski definition) is 2. The lowest BCUT2D eigenvalue weighted by Gasteiger charge is -2.26. The fourth-order valence-electron chi connectivity index (χ4n) is 2.73. The molecule has 1 fully saturated rings. The molecule has 0 spiro atoms. The van der Waals surface area contributed by atoms with E-state index in [1.165, 1.54) is 31.2 Å². The second-order valence-electron chi connectivity index (χ2n) is 6.67. The van der Waals surface area contributed by atoms with Crippen molar-refractivity contribution in [1.82, 2.24) is 5.32 Å². The van der Waals surface area contributed by atoms with Gasteiger partial charge >= 0.3 is 0 Å². The van der Waals surface area contributed by atoms with Crippen LogP contribution in [0.1, 0.15) is 52.0 Å². The Balaban J connectivity index is 1.76. The molecule has 1 aliphatic carbocycles. The van der Waals surface area contributed by atoms with Crippen LogP contribution in [0.2, 0.25) is 0 Å². The molecule has 0 unspecified atom stereocenters. The Bertz CT molecular complexity index is 377. The number of rotatable bonds is 6. The van der Waals surface area contributed by atoms with E-state index in [0.717, 1.165) is 24.8 Å². The largest absolute Gasteiger partial charge is 0.490 e. The van der Waals surface area contributed by atoms with Gasteiger partial charge in [-0.1, -0.05) is 32.9 Å². The first-order chi connectivity index (χ1) is 9.63. The molecule has 0 aromatic heterocycles. The molecule has 20 heavy (non-hydrogen) atoms. The van der Waals surface area contributed by atoms with Crippen molar-refractivity contribution in [3.8, 4) is 5.75 Å². The van der Waals surface area contributed by atoms with E-state index in [1.54, 1.807) is 0 Å².